The number of nitrogens with zero attached hydrogens (tertiary/aromatic N) is 4. The molecule has 0 amide bonds. The maximum Gasteiger partial charge on any atom is 0.175 e. The lowest BCUT2D eigenvalue weighted by Crippen LogP contribution is -2.28. The van der Waals surface area contributed by atoms with Gasteiger partial charge in [0.15, 0.2) is 5.84 Å². The number of hydrogen-bond donors (Lipinski definition) is 2. The Morgan fingerprint density at radius 2 is 2.24 bits per heavy atom. The molecule has 6 heteroatoms. The summed E-state index contributed by atoms with van der Waals surface area (Å²) in [4.78, 5) is 10.4. The molecule has 0 saturated carbocycles. The van der Waals surface area contributed by atoms with Gasteiger partial charge in [0.25, 0.3) is 0 Å². The second kappa shape index (κ2) is 5.47. The number of nitrogens with two attached hydrogens (primary N) is 1. The van der Waals surface area contributed by atoms with E-state index >= 15 is 0 Å². The predicted octanol–water partition coefficient (Wildman–Crippen LogP) is 0.972. The minimum absolute atomic E-state index is 0.0237. The van der Waals surface area contributed by atoms with Crippen LogP contribution in [0.1, 0.15) is 25.2 Å². The van der Waals surface area contributed by atoms with Crippen LogP contribution in [0.5, 0.6) is 0 Å². The van der Waals surface area contributed by atoms with Crippen LogP contribution in [0.25, 0.3) is 0 Å². The van der Waals surface area contributed by atoms with E-state index in [4.69, 9.17) is 10.9 Å². The van der Waals surface area contributed by atoms with Gasteiger partial charge in [-0.25, -0.2) is 9.97 Å². The van der Waals surface area contributed by atoms with Crippen molar-refractivity contribution < 1.29 is 5.21 Å². The fourth-order valence-electron chi connectivity index (χ4n) is 1.62. The van der Waals surface area contributed by atoms with Crippen LogP contribution in [0, 0.1) is 12.8 Å². The van der Waals surface area contributed by atoms with E-state index < -0.39 is 0 Å². The molecular weight excluding hydrogens is 218 g/mol. The molecule has 3 N–H and O–H groups in total. The largest absolute Gasteiger partial charge is 0.409 e. The van der Waals surface area contributed by atoms with E-state index in [1.807, 2.05) is 18.9 Å². The minimum Gasteiger partial charge on any atom is -0.409 e. The number of amidine groups is 1. The zero-order chi connectivity index (χ0) is 13.0. The summed E-state index contributed by atoms with van der Waals surface area (Å²) < 4.78 is 0. The van der Waals surface area contributed by atoms with Crippen molar-refractivity contribution in [1.82, 2.24) is 9.97 Å². The van der Waals surface area contributed by atoms with Crippen molar-refractivity contribution in [2.24, 2.45) is 16.8 Å². The summed E-state index contributed by atoms with van der Waals surface area (Å²) >= 11 is 0. The average molecular weight is 237 g/mol. The van der Waals surface area contributed by atoms with E-state index in [9.17, 15) is 0 Å². The number of anilines is 1. The van der Waals surface area contributed by atoms with Crippen LogP contribution in [-0.2, 0) is 0 Å². The standard InChI is InChI=1S/C11H19N5O/c1-7(2)6-16(4)11-9(10(12)15-17)5-13-8(3)14-11/h5,7,17H,6H2,1-4H3,(H2,12,15). The van der Waals surface area contributed by atoms with E-state index in [0.29, 0.717) is 23.1 Å². The molecule has 0 saturated heterocycles. The van der Waals surface area contributed by atoms with Gasteiger partial charge >= 0.3 is 0 Å². The summed E-state index contributed by atoms with van der Waals surface area (Å²) in [7, 11) is 1.93. The zero-order valence-electron chi connectivity index (χ0n) is 10.7. The Hall–Kier alpha value is -1.85. The molecule has 0 aliphatic heterocycles. The highest BCUT2D eigenvalue weighted by atomic mass is 16.4. The molecule has 0 aliphatic carbocycles. The molecule has 0 bridgehead atoms. The lowest BCUT2D eigenvalue weighted by Gasteiger charge is -2.22. The number of rotatable bonds is 4. The summed E-state index contributed by atoms with van der Waals surface area (Å²) in [5, 5.41) is 11.7. The van der Waals surface area contributed by atoms with Gasteiger partial charge in [-0.05, 0) is 12.8 Å². The van der Waals surface area contributed by atoms with Crippen LogP contribution in [0.3, 0.4) is 0 Å². The Balaban J connectivity index is 3.15. The highest BCUT2D eigenvalue weighted by molar-refractivity contribution is 6.01. The summed E-state index contributed by atoms with van der Waals surface area (Å²) in [5.41, 5.74) is 6.15. The van der Waals surface area contributed by atoms with Gasteiger partial charge in [-0.15, -0.1) is 0 Å². The van der Waals surface area contributed by atoms with Gasteiger partial charge in [0.2, 0.25) is 0 Å². The molecule has 0 radical (unpaired) electrons. The van der Waals surface area contributed by atoms with Gasteiger partial charge in [0.05, 0.1) is 5.56 Å². The molecule has 0 spiro atoms. The number of aryl methyl sites for hydroxylation is 1. The monoisotopic (exact) mass is 237 g/mol. The smallest absolute Gasteiger partial charge is 0.175 e. The maximum atomic E-state index is 8.73. The third-order valence-electron chi connectivity index (χ3n) is 2.27. The third kappa shape index (κ3) is 3.30. The quantitative estimate of drug-likeness (QED) is 0.352. The topological polar surface area (TPSA) is 87.6 Å². The van der Waals surface area contributed by atoms with Crippen LogP contribution >= 0.6 is 0 Å². The molecule has 0 unspecified atom stereocenters. The Labute approximate surface area is 101 Å². The highest BCUT2D eigenvalue weighted by Gasteiger charge is 2.14. The molecule has 0 atom stereocenters. The molecule has 1 rings (SSSR count). The van der Waals surface area contributed by atoms with Gasteiger partial charge < -0.3 is 15.8 Å². The fourth-order valence-corrected chi connectivity index (χ4v) is 1.62. The third-order valence-corrected chi connectivity index (χ3v) is 2.27. The molecule has 0 fully saturated rings. The zero-order valence-corrected chi connectivity index (χ0v) is 10.7. The van der Waals surface area contributed by atoms with E-state index in [-0.39, 0.29) is 5.84 Å². The average Bonchev–Trinajstić information content (AvgIpc) is 2.27. The molecule has 94 valence electrons. The van der Waals surface area contributed by atoms with Crippen molar-refractivity contribution in [3.05, 3.63) is 17.6 Å². The Morgan fingerprint density at radius 1 is 1.59 bits per heavy atom. The Bertz CT molecular complexity index is 416. The SMILES string of the molecule is Cc1ncc(C(N)=NO)c(N(C)CC(C)C)n1. The molecule has 1 aromatic rings. The van der Waals surface area contributed by atoms with E-state index in [2.05, 4.69) is 29.0 Å². The minimum atomic E-state index is 0.0237. The molecule has 6 nitrogen and oxygen atoms in total. The lowest BCUT2D eigenvalue weighted by atomic mass is 10.2. The van der Waals surface area contributed by atoms with Crippen molar-refractivity contribution in [3.63, 3.8) is 0 Å². The van der Waals surface area contributed by atoms with Gasteiger partial charge in [-0.1, -0.05) is 19.0 Å². The summed E-state index contributed by atoms with van der Waals surface area (Å²) in [5.74, 6) is 1.86. The number of aromatic nitrogens is 2. The van der Waals surface area contributed by atoms with Gasteiger partial charge in [0.1, 0.15) is 11.6 Å². The number of oxime groups is 1. The van der Waals surface area contributed by atoms with Crippen molar-refractivity contribution in [3.8, 4) is 0 Å². The predicted molar refractivity (Wildman–Crippen MR) is 67.4 cm³/mol. The van der Waals surface area contributed by atoms with Gasteiger partial charge in [-0.3, -0.25) is 0 Å². The van der Waals surface area contributed by atoms with Crippen molar-refractivity contribution in [2.75, 3.05) is 18.5 Å². The molecule has 0 aliphatic rings. The second-order valence-corrected chi connectivity index (χ2v) is 4.41. The van der Waals surface area contributed by atoms with Crippen molar-refractivity contribution in [1.29, 1.82) is 0 Å². The summed E-state index contributed by atoms with van der Waals surface area (Å²) in [6.07, 6.45) is 1.57. The Morgan fingerprint density at radius 3 is 2.76 bits per heavy atom. The second-order valence-electron chi connectivity index (χ2n) is 4.41. The van der Waals surface area contributed by atoms with Crippen LogP contribution < -0.4 is 10.6 Å². The van der Waals surface area contributed by atoms with Crippen molar-refractivity contribution >= 4 is 11.7 Å². The first kappa shape index (κ1) is 13.2. The van der Waals surface area contributed by atoms with Crippen LogP contribution in [0.2, 0.25) is 0 Å². The van der Waals surface area contributed by atoms with E-state index in [1.165, 1.54) is 0 Å². The fraction of sp³-hybridized carbons (Fsp3) is 0.545. The molecule has 17 heavy (non-hydrogen) atoms. The first-order valence-electron chi connectivity index (χ1n) is 5.48. The summed E-state index contributed by atoms with van der Waals surface area (Å²) in [6, 6.07) is 0. The van der Waals surface area contributed by atoms with Gasteiger partial charge in [-0.2, -0.15) is 0 Å². The lowest BCUT2D eigenvalue weighted by molar-refractivity contribution is 0.318. The summed E-state index contributed by atoms with van der Waals surface area (Å²) in [6.45, 7) is 6.88. The first-order chi connectivity index (χ1) is 7.95. The highest BCUT2D eigenvalue weighted by Crippen LogP contribution is 2.16. The van der Waals surface area contributed by atoms with Crippen LogP contribution in [0.4, 0.5) is 5.82 Å². The maximum absolute atomic E-state index is 8.73. The van der Waals surface area contributed by atoms with Gasteiger partial charge in [0, 0.05) is 19.8 Å². The van der Waals surface area contributed by atoms with Crippen LogP contribution in [0.15, 0.2) is 11.4 Å². The Kier molecular flexibility index (Phi) is 4.25. The van der Waals surface area contributed by atoms with Crippen molar-refractivity contribution in [2.45, 2.75) is 20.8 Å². The number of hydrogen-bond acceptors (Lipinski definition) is 5. The molecule has 0 aromatic carbocycles. The first-order valence-corrected chi connectivity index (χ1v) is 5.48. The molecular formula is C11H19N5O. The van der Waals surface area contributed by atoms with E-state index in [1.54, 1.807) is 6.20 Å². The van der Waals surface area contributed by atoms with Crippen LogP contribution in [-0.4, -0.2) is 34.6 Å². The molecule has 1 heterocycles. The normalized spacial score (nSPS) is 11.9. The van der Waals surface area contributed by atoms with E-state index in [0.717, 1.165) is 6.54 Å². The molecule has 1 aromatic heterocycles.